The molecule has 0 unspecified atom stereocenters. The van der Waals surface area contributed by atoms with Crippen LogP contribution in [0.5, 0.6) is 5.75 Å². The zero-order valence-corrected chi connectivity index (χ0v) is 16.1. The van der Waals surface area contributed by atoms with E-state index in [1.54, 1.807) is 7.11 Å². The lowest BCUT2D eigenvalue weighted by Gasteiger charge is -2.51. The highest BCUT2D eigenvalue weighted by molar-refractivity contribution is 5.78. The van der Waals surface area contributed by atoms with Gasteiger partial charge >= 0.3 is 6.03 Å². The van der Waals surface area contributed by atoms with E-state index in [4.69, 9.17) is 4.74 Å². The van der Waals surface area contributed by atoms with E-state index in [2.05, 4.69) is 11.4 Å². The number of urea groups is 1. The summed E-state index contributed by atoms with van der Waals surface area (Å²) in [6, 6.07) is 16.5. The van der Waals surface area contributed by atoms with E-state index in [9.17, 15) is 15.2 Å². The highest BCUT2D eigenvalue weighted by Gasteiger charge is 2.52. The molecule has 1 aliphatic rings. The molecule has 0 bridgehead atoms. The van der Waals surface area contributed by atoms with Crippen LogP contribution in [0.2, 0.25) is 0 Å². The van der Waals surface area contributed by atoms with E-state index in [1.807, 2.05) is 55.5 Å². The van der Waals surface area contributed by atoms with Crippen molar-refractivity contribution in [2.75, 3.05) is 20.3 Å². The standard InChI is InChI=1S/C22H25N3O3/c1-3-12-24-22(27)25-19(13-23)21(20(25)14-26)18-7-5-4-6-17(18)15-8-10-16(28-2)11-9-15/h4-11,19-21,26H,3,12,14H2,1-2H3,(H,24,27)/t19-,20+,21-/m1/s1. The molecule has 0 saturated carbocycles. The average molecular weight is 379 g/mol. The molecule has 1 heterocycles. The molecule has 0 spiro atoms. The molecule has 6 nitrogen and oxygen atoms in total. The quantitative estimate of drug-likeness (QED) is 0.807. The Hall–Kier alpha value is -3.04. The molecule has 2 aromatic carbocycles. The third kappa shape index (κ3) is 3.54. The molecule has 1 saturated heterocycles. The first kappa shape index (κ1) is 19.7. The van der Waals surface area contributed by atoms with Crippen molar-refractivity contribution >= 4 is 6.03 Å². The fourth-order valence-corrected chi connectivity index (χ4v) is 3.80. The molecule has 0 aromatic heterocycles. The van der Waals surface area contributed by atoms with Crippen molar-refractivity contribution < 1.29 is 14.6 Å². The Morgan fingerprint density at radius 1 is 1.25 bits per heavy atom. The van der Waals surface area contributed by atoms with Gasteiger partial charge in [-0.2, -0.15) is 5.26 Å². The van der Waals surface area contributed by atoms with Crippen molar-refractivity contribution in [1.29, 1.82) is 5.26 Å². The van der Waals surface area contributed by atoms with Gasteiger partial charge < -0.3 is 20.1 Å². The van der Waals surface area contributed by atoms with Gasteiger partial charge in [0.25, 0.3) is 0 Å². The molecule has 1 aliphatic heterocycles. The highest BCUT2D eigenvalue weighted by atomic mass is 16.5. The number of likely N-dealkylation sites (tertiary alicyclic amines) is 1. The lowest BCUT2D eigenvalue weighted by atomic mass is 9.73. The van der Waals surface area contributed by atoms with Gasteiger partial charge in [-0.05, 0) is 35.2 Å². The number of nitrogens with one attached hydrogen (secondary N) is 1. The predicted molar refractivity (Wildman–Crippen MR) is 107 cm³/mol. The van der Waals surface area contributed by atoms with Crippen molar-refractivity contribution in [3.05, 3.63) is 54.1 Å². The second-order valence-electron chi connectivity index (χ2n) is 6.80. The van der Waals surface area contributed by atoms with E-state index >= 15 is 0 Å². The molecule has 3 atom stereocenters. The zero-order valence-electron chi connectivity index (χ0n) is 16.1. The van der Waals surface area contributed by atoms with Crippen molar-refractivity contribution in [1.82, 2.24) is 10.2 Å². The molecule has 1 fully saturated rings. The number of carbonyl (C=O) groups excluding carboxylic acids is 1. The van der Waals surface area contributed by atoms with Gasteiger partial charge in [0.1, 0.15) is 11.8 Å². The first-order valence-electron chi connectivity index (χ1n) is 9.46. The maximum absolute atomic E-state index is 12.5. The molecule has 2 aromatic rings. The fourth-order valence-electron chi connectivity index (χ4n) is 3.80. The second kappa shape index (κ2) is 8.77. The van der Waals surface area contributed by atoms with Gasteiger partial charge in [0.15, 0.2) is 0 Å². The topological polar surface area (TPSA) is 85.6 Å². The number of amides is 2. The maximum Gasteiger partial charge on any atom is 0.318 e. The third-order valence-corrected chi connectivity index (χ3v) is 5.21. The van der Waals surface area contributed by atoms with Crippen LogP contribution >= 0.6 is 0 Å². The summed E-state index contributed by atoms with van der Waals surface area (Å²) in [5.41, 5.74) is 2.94. The van der Waals surface area contributed by atoms with Gasteiger partial charge in [-0.15, -0.1) is 0 Å². The van der Waals surface area contributed by atoms with E-state index in [0.717, 1.165) is 28.9 Å². The van der Waals surface area contributed by atoms with Crippen molar-refractivity contribution in [2.24, 2.45) is 0 Å². The van der Waals surface area contributed by atoms with E-state index < -0.39 is 12.1 Å². The van der Waals surface area contributed by atoms with Gasteiger partial charge in [0, 0.05) is 12.5 Å². The Morgan fingerprint density at radius 3 is 2.57 bits per heavy atom. The average Bonchev–Trinajstić information content (AvgIpc) is 2.72. The Morgan fingerprint density at radius 2 is 1.96 bits per heavy atom. The molecule has 2 N–H and O–H groups in total. The lowest BCUT2D eigenvalue weighted by molar-refractivity contribution is 0.0171. The Balaban J connectivity index is 1.94. The molecule has 0 aliphatic carbocycles. The minimum Gasteiger partial charge on any atom is -0.497 e. The smallest absolute Gasteiger partial charge is 0.318 e. The third-order valence-electron chi connectivity index (χ3n) is 5.21. The van der Waals surface area contributed by atoms with Gasteiger partial charge in [-0.25, -0.2) is 4.79 Å². The van der Waals surface area contributed by atoms with Gasteiger partial charge in [-0.3, -0.25) is 0 Å². The van der Waals surface area contributed by atoms with Crippen LogP contribution in [0.4, 0.5) is 4.79 Å². The van der Waals surface area contributed by atoms with E-state index in [0.29, 0.717) is 6.54 Å². The van der Waals surface area contributed by atoms with E-state index in [-0.39, 0.29) is 18.6 Å². The van der Waals surface area contributed by atoms with Crippen LogP contribution in [0, 0.1) is 11.3 Å². The molecule has 0 radical (unpaired) electrons. The number of aliphatic hydroxyl groups is 1. The van der Waals surface area contributed by atoms with Crippen LogP contribution in [-0.4, -0.2) is 48.4 Å². The Bertz CT molecular complexity index is 860. The fraction of sp³-hybridized carbons (Fsp3) is 0.364. The first-order chi connectivity index (χ1) is 13.7. The highest BCUT2D eigenvalue weighted by Crippen LogP contribution is 2.44. The van der Waals surface area contributed by atoms with Gasteiger partial charge in [0.2, 0.25) is 0 Å². The van der Waals surface area contributed by atoms with E-state index in [1.165, 1.54) is 4.90 Å². The summed E-state index contributed by atoms with van der Waals surface area (Å²) in [5.74, 6) is 0.521. The number of hydrogen-bond donors (Lipinski definition) is 2. The van der Waals surface area contributed by atoms with Crippen LogP contribution in [-0.2, 0) is 0 Å². The van der Waals surface area contributed by atoms with Gasteiger partial charge in [0.05, 0.1) is 25.8 Å². The normalized spacial score (nSPS) is 20.8. The molecule has 28 heavy (non-hydrogen) atoms. The van der Waals surface area contributed by atoms with Gasteiger partial charge in [-0.1, -0.05) is 43.3 Å². The minimum absolute atomic E-state index is 0.195. The minimum atomic E-state index is -0.617. The number of carbonyl (C=O) groups is 1. The number of ether oxygens (including phenoxy) is 1. The van der Waals surface area contributed by atoms with Crippen molar-refractivity contribution in [3.63, 3.8) is 0 Å². The monoisotopic (exact) mass is 379 g/mol. The molecule has 146 valence electrons. The molecule has 3 rings (SSSR count). The summed E-state index contributed by atoms with van der Waals surface area (Å²) in [6.45, 7) is 2.31. The van der Waals surface area contributed by atoms with Crippen LogP contribution in [0.25, 0.3) is 11.1 Å². The number of benzene rings is 2. The number of aliphatic hydroxyl groups excluding tert-OH is 1. The summed E-state index contributed by atoms with van der Waals surface area (Å²) < 4.78 is 5.23. The number of nitriles is 1. The van der Waals surface area contributed by atoms with Crippen molar-refractivity contribution in [3.8, 4) is 22.9 Å². The SMILES string of the molecule is CCCNC(=O)N1[C@H](C#N)[C@@H](c2ccccc2-c2ccc(OC)cc2)[C@@H]1CO. The van der Waals surface area contributed by atoms with Crippen LogP contribution in [0.1, 0.15) is 24.8 Å². The van der Waals surface area contributed by atoms with Crippen LogP contribution < -0.4 is 10.1 Å². The Labute approximate surface area is 165 Å². The summed E-state index contributed by atoms with van der Waals surface area (Å²) in [7, 11) is 1.62. The molecular weight excluding hydrogens is 354 g/mol. The Kier molecular flexibility index (Phi) is 6.17. The summed E-state index contributed by atoms with van der Waals surface area (Å²) in [6.07, 6.45) is 0.810. The van der Waals surface area contributed by atoms with Crippen LogP contribution in [0.3, 0.4) is 0 Å². The first-order valence-corrected chi connectivity index (χ1v) is 9.46. The number of nitrogens with zero attached hydrogens (tertiary/aromatic N) is 2. The largest absolute Gasteiger partial charge is 0.497 e. The number of methoxy groups -OCH3 is 1. The summed E-state index contributed by atoms with van der Waals surface area (Å²) in [4.78, 5) is 13.9. The predicted octanol–water partition coefficient (Wildman–Crippen LogP) is 3.13. The second-order valence-corrected chi connectivity index (χ2v) is 6.80. The van der Waals surface area contributed by atoms with Crippen LogP contribution in [0.15, 0.2) is 48.5 Å². The zero-order chi connectivity index (χ0) is 20.1. The molecule has 6 heteroatoms. The lowest BCUT2D eigenvalue weighted by Crippen LogP contribution is -2.67. The van der Waals surface area contributed by atoms with Crippen molar-refractivity contribution in [2.45, 2.75) is 31.3 Å². The summed E-state index contributed by atoms with van der Waals surface area (Å²) in [5, 5.41) is 22.5. The molecule has 2 amide bonds. The maximum atomic E-state index is 12.5. The number of hydrogen-bond acceptors (Lipinski definition) is 4. The molecular formula is C22H25N3O3. The number of rotatable bonds is 6. The summed E-state index contributed by atoms with van der Waals surface area (Å²) >= 11 is 0.